The van der Waals surface area contributed by atoms with Crippen molar-refractivity contribution in [2.75, 3.05) is 0 Å². The molecular weight excluding hydrogens is 404 g/mol. The molecule has 5 rings (SSSR count). The van der Waals surface area contributed by atoms with Gasteiger partial charge < -0.3 is 4.98 Å². The van der Waals surface area contributed by atoms with Gasteiger partial charge in [-0.1, -0.05) is 48.0 Å². The molecule has 2 aromatic carbocycles. The zero-order valence-corrected chi connectivity index (χ0v) is 16.9. The third-order valence-corrected chi connectivity index (χ3v) is 6.99. The number of aromatic nitrogens is 2. The Balaban J connectivity index is 1.81. The van der Waals surface area contributed by atoms with E-state index in [0.29, 0.717) is 16.4 Å². The van der Waals surface area contributed by atoms with Crippen molar-refractivity contribution in [1.82, 2.24) is 8.96 Å². The van der Waals surface area contributed by atoms with E-state index in [4.69, 9.17) is 11.6 Å². The topological polar surface area (TPSA) is 54.9 Å². The molecule has 0 bridgehead atoms. The second-order valence-corrected chi connectivity index (χ2v) is 9.13. The Hall–Kier alpha value is -3.02. The van der Waals surface area contributed by atoms with Gasteiger partial charge in [-0.15, -0.1) is 0 Å². The number of H-pyrrole nitrogens is 1. The van der Waals surface area contributed by atoms with Gasteiger partial charge in [0.25, 0.3) is 10.0 Å². The van der Waals surface area contributed by atoms with Crippen LogP contribution in [0, 0.1) is 0 Å². The maximum absolute atomic E-state index is 13.6. The van der Waals surface area contributed by atoms with Gasteiger partial charge in [-0.2, -0.15) is 0 Å². The molecule has 2 aromatic heterocycles. The maximum Gasteiger partial charge on any atom is 0.268 e. The molecule has 0 amide bonds. The number of fused-ring (bicyclic) bond motifs is 2. The molecule has 0 saturated carbocycles. The van der Waals surface area contributed by atoms with Gasteiger partial charge in [-0.3, -0.25) is 0 Å². The van der Waals surface area contributed by atoms with Crippen molar-refractivity contribution in [3.05, 3.63) is 89.1 Å². The summed E-state index contributed by atoms with van der Waals surface area (Å²) in [5, 5.41) is 1.57. The summed E-state index contributed by atoms with van der Waals surface area (Å²) < 4.78 is 28.7. The third kappa shape index (κ3) is 3.03. The van der Waals surface area contributed by atoms with Crippen molar-refractivity contribution in [3.63, 3.8) is 0 Å². The minimum absolute atomic E-state index is 0.250. The standard InChI is InChI=1S/C23H17ClN2O2S/c24-18-11-12-20-17(13-18)14-21(25-20)23-15-16-7-3-1-6-10-22(16)26(23)29(27,28)19-8-4-2-5-9-19/h2-15,25H,1H2. The summed E-state index contributed by atoms with van der Waals surface area (Å²) >= 11 is 6.13. The van der Waals surface area contributed by atoms with Crippen LogP contribution in [0.4, 0.5) is 0 Å². The van der Waals surface area contributed by atoms with Crippen molar-refractivity contribution in [2.24, 2.45) is 0 Å². The molecule has 1 aliphatic carbocycles. The van der Waals surface area contributed by atoms with Crippen LogP contribution in [0.15, 0.2) is 77.7 Å². The summed E-state index contributed by atoms with van der Waals surface area (Å²) in [5.74, 6) is 0. The number of halogens is 1. The van der Waals surface area contributed by atoms with E-state index in [1.54, 1.807) is 30.3 Å². The lowest BCUT2D eigenvalue weighted by molar-refractivity contribution is 0.587. The summed E-state index contributed by atoms with van der Waals surface area (Å²) in [6, 6.07) is 17.9. The highest BCUT2D eigenvalue weighted by Crippen LogP contribution is 2.34. The number of aromatic amines is 1. The number of hydrogen-bond donors (Lipinski definition) is 1. The summed E-state index contributed by atoms with van der Waals surface area (Å²) in [6.07, 6.45) is 8.60. The number of allylic oxidation sites excluding steroid dienone is 2. The monoisotopic (exact) mass is 420 g/mol. The third-order valence-electron chi connectivity index (χ3n) is 5.01. The fraction of sp³-hybridized carbons (Fsp3) is 0.0435. The highest BCUT2D eigenvalue weighted by molar-refractivity contribution is 7.90. The Morgan fingerprint density at radius 3 is 2.55 bits per heavy atom. The molecule has 1 N–H and O–H groups in total. The highest BCUT2D eigenvalue weighted by Gasteiger charge is 2.26. The lowest BCUT2D eigenvalue weighted by Gasteiger charge is -2.12. The van der Waals surface area contributed by atoms with Gasteiger partial charge in [-0.05, 0) is 55.0 Å². The molecule has 0 spiro atoms. The fourth-order valence-corrected chi connectivity index (χ4v) is 5.39. The van der Waals surface area contributed by atoms with Crippen LogP contribution in [-0.2, 0) is 10.0 Å². The van der Waals surface area contributed by atoms with Crippen LogP contribution in [0.25, 0.3) is 34.4 Å². The first-order valence-electron chi connectivity index (χ1n) is 9.22. The molecule has 0 saturated heterocycles. The molecular formula is C23H17ClN2O2S. The van der Waals surface area contributed by atoms with E-state index >= 15 is 0 Å². The first-order valence-corrected chi connectivity index (χ1v) is 11.0. The normalized spacial score (nSPS) is 13.6. The zero-order valence-electron chi connectivity index (χ0n) is 15.3. The average Bonchev–Trinajstić information content (AvgIpc) is 3.23. The summed E-state index contributed by atoms with van der Waals surface area (Å²) in [7, 11) is -3.79. The van der Waals surface area contributed by atoms with Crippen LogP contribution in [0.5, 0.6) is 0 Å². The highest BCUT2D eigenvalue weighted by atomic mass is 35.5. The summed E-state index contributed by atoms with van der Waals surface area (Å²) in [5.41, 5.74) is 3.72. The Labute approximate surface area is 173 Å². The molecule has 0 unspecified atom stereocenters. The van der Waals surface area contributed by atoms with Gasteiger partial charge >= 0.3 is 0 Å². The maximum atomic E-state index is 13.6. The number of nitrogens with one attached hydrogen (secondary N) is 1. The number of hydrogen-bond acceptors (Lipinski definition) is 2. The molecule has 0 aliphatic heterocycles. The number of nitrogens with zero attached hydrogens (tertiary/aromatic N) is 1. The van der Waals surface area contributed by atoms with Crippen molar-refractivity contribution < 1.29 is 8.42 Å². The second kappa shape index (κ2) is 6.79. The minimum Gasteiger partial charge on any atom is -0.353 e. The van der Waals surface area contributed by atoms with Gasteiger partial charge in [-0.25, -0.2) is 12.4 Å². The zero-order chi connectivity index (χ0) is 20.0. The Morgan fingerprint density at radius 2 is 1.72 bits per heavy atom. The van der Waals surface area contributed by atoms with Crippen molar-refractivity contribution in [2.45, 2.75) is 11.3 Å². The van der Waals surface area contributed by atoms with Gasteiger partial charge in [0.05, 0.1) is 22.0 Å². The summed E-state index contributed by atoms with van der Waals surface area (Å²) in [6.45, 7) is 0. The predicted octanol–water partition coefficient (Wildman–Crippen LogP) is 5.96. The molecule has 144 valence electrons. The van der Waals surface area contributed by atoms with Crippen molar-refractivity contribution >= 4 is 44.7 Å². The van der Waals surface area contributed by atoms with Gasteiger partial charge in [0.1, 0.15) is 0 Å². The molecule has 0 atom stereocenters. The van der Waals surface area contributed by atoms with E-state index in [2.05, 4.69) is 4.98 Å². The number of rotatable bonds is 3. The van der Waals surface area contributed by atoms with Gasteiger partial charge in [0.2, 0.25) is 0 Å². The van der Waals surface area contributed by atoms with Crippen molar-refractivity contribution in [3.8, 4) is 11.4 Å². The van der Waals surface area contributed by atoms with E-state index in [0.717, 1.165) is 28.6 Å². The lowest BCUT2D eigenvalue weighted by Crippen LogP contribution is -2.16. The Morgan fingerprint density at radius 1 is 0.931 bits per heavy atom. The molecule has 0 fully saturated rings. The van der Waals surface area contributed by atoms with Crippen LogP contribution in [-0.4, -0.2) is 17.4 Å². The largest absolute Gasteiger partial charge is 0.353 e. The summed E-state index contributed by atoms with van der Waals surface area (Å²) in [4.78, 5) is 3.59. The molecule has 4 aromatic rings. The quantitative estimate of drug-likeness (QED) is 0.444. The van der Waals surface area contributed by atoms with Gasteiger partial charge in [0, 0.05) is 21.5 Å². The van der Waals surface area contributed by atoms with E-state index in [1.165, 1.54) is 3.97 Å². The Bertz CT molecular complexity index is 1390. The van der Waals surface area contributed by atoms with Crippen LogP contribution in [0.3, 0.4) is 0 Å². The van der Waals surface area contributed by atoms with Crippen LogP contribution in [0.1, 0.15) is 17.7 Å². The van der Waals surface area contributed by atoms with E-state index in [-0.39, 0.29) is 4.90 Å². The molecule has 4 nitrogen and oxygen atoms in total. The fourth-order valence-electron chi connectivity index (χ4n) is 3.66. The van der Waals surface area contributed by atoms with Gasteiger partial charge in [0.15, 0.2) is 0 Å². The minimum atomic E-state index is -3.79. The number of benzene rings is 2. The first-order chi connectivity index (χ1) is 14.0. The van der Waals surface area contributed by atoms with Crippen molar-refractivity contribution in [1.29, 1.82) is 0 Å². The van der Waals surface area contributed by atoms with E-state index in [9.17, 15) is 8.42 Å². The SMILES string of the molecule is O=S(=O)(c1ccccc1)n1c(-c2cc3cc(Cl)ccc3[nH]2)cc2c1C=CCC=C2. The molecule has 6 heteroatoms. The molecule has 1 aliphatic rings. The average molecular weight is 421 g/mol. The molecule has 29 heavy (non-hydrogen) atoms. The van der Waals surface area contributed by atoms with E-state index in [1.807, 2.05) is 54.6 Å². The first kappa shape index (κ1) is 18.0. The van der Waals surface area contributed by atoms with Crippen LogP contribution >= 0.6 is 11.6 Å². The van der Waals surface area contributed by atoms with Crippen LogP contribution in [0.2, 0.25) is 5.02 Å². The second-order valence-electron chi connectivity index (χ2n) is 6.91. The van der Waals surface area contributed by atoms with Crippen LogP contribution < -0.4 is 0 Å². The predicted molar refractivity (Wildman–Crippen MR) is 118 cm³/mol. The molecule has 2 heterocycles. The lowest BCUT2D eigenvalue weighted by atomic mass is 10.2. The Kier molecular flexibility index (Phi) is 4.23. The molecule has 0 radical (unpaired) electrons. The van der Waals surface area contributed by atoms with E-state index < -0.39 is 10.0 Å². The smallest absolute Gasteiger partial charge is 0.268 e.